The minimum atomic E-state index is -1.15. The fourth-order valence-electron chi connectivity index (χ4n) is 4.82. The first-order valence-electron chi connectivity index (χ1n) is 11.1. The molecule has 3 aromatic carbocycles. The molecule has 1 spiro atoms. The number of anilines is 1. The van der Waals surface area contributed by atoms with Gasteiger partial charge in [-0.15, -0.1) is 11.8 Å². The maximum Gasteiger partial charge on any atom is 0.268 e. The summed E-state index contributed by atoms with van der Waals surface area (Å²) < 4.78 is 5.01. The van der Waals surface area contributed by atoms with Crippen molar-refractivity contribution in [1.82, 2.24) is 4.90 Å². The van der Waals surface area contributed by atoms with Gasteiger partial charge in [0, 0.05) is 27.4 Å². The van der Waals surface area contributed by atoms with E-state index >= 15 is 0 Å². The van der Waals surface area contributed by atoms with Gasteiger partial charge < -0.3 is 14.5 Å². The second kappa shape index (κ2) is 8.36. The molecule has 5 nitrogen and oxygen atoms in total. The largest absolute Gasteiger partial charge is 0.497 e. The highest BCUT2D eigenvalue weighted by Crippen LogP contribution is 2.60. The number of thioether (sulfide) groups is 1. The molecule has 0 unspecified atom stereocenters. The lowest BCUT2D eigenvalue weighted by Gasteiger charge is -2.33. The predicted octanol–water partition coefficient (Wildman–Crippen LogP) is 5.72. The maximum absolute atomic E-state index is 14.3. The Hall–Kier alpha value is -2.96. The minimum Gasteiger partial charge on any atom is -0.497 e. The number of ether oxygens (including phenoxy) is 1. The van der Waals surface area contributed by atoms with Gasteiger partial charge in [0.1, 0.15) is 5.75 Å². The van der Waals surface area contributed by atoms with Crippen molar-refractivity contribution in [3.63, 3.8) is 0 Å². The Balaban J connectivity index is 1.63. The second-order valence-corrected chi connectivity index (χ2v) is 11.4. The van der Waals surface area contributed by atoms with Gasteiger partial charge in [0.15, 0.2) is 4.87 Å². The summed E-state index contributed by atoms with van der Waals surface area (Å²) >= 11 is 7.98. The number of methoxy groups -OCH3 is 1. The number of carbonyl (C=O) groups is 2. The number of hydrogen-bond acceptors (Lipinski definition) is 4. The topological polar surface area (TPSA) is 49.9 Å². The van der Waals surface area contributed by atoms with Crippen LogP contribution in [-0.4, -0.2) is 35.1 Å². The van der Waals surface area contributed by atoms with Crippen LogP contribution in [0.25, 0.3) is 0 Å². The number of rotatable bonds is 4. The van der Waals surface area contributed by atoms with Gasteiger partial charge in [-0.2, -0.15) is 0 Å². The molecule has 5 rings (SSSR count). The quantitative estimate of drug-likeness (QED) is 0.467. The average Bonchev–Trinajstić information content (AvgIpc) is 3.26. The zero-order valence-corrected chi connectivity index (χ0v) is 20.8. The first-order valence-corrected chi connectivity index (χ1v) is 12.3. The van der Waals surface area contributed by atoms with Crippen molar-refractivity contribution in [3.05, 3.63) is 94.5 Å². The number of fused-ring (bicyclic) bond motifs is 2. The van der Waals surface area contributed by atoms with Crippen LogP contribution in [0.1, 0.15) is 35.3 Å². The van der Waals surface area contributed by atoms with Gasteiger partial charge in [0.05, 0.1) is 19.3 Å². The van der Waals surface area contributed by atoms with Gasteiger partial charge >= 0.3 is 0 Å². The summed E-state index contributed by atoms with van der Waals surface area (Å²) in [5, 5.41) is 0.609. The summed E-state index contributed by atoms with van der Waals surface area (Å²) in [7, 11) is 1.57. The molecule has 34 heavy (non-hydrogen) atoms. The fourth-order valence-corrected chi connectivity index (χ4v) is 6.75. The fraction of sp³-hybridized carbons (Fsp3) is 0.259. The minimum absolute atomic E-state index is 0.125. The Kier molecular flexibility index (Phi) is 5.61. The van der Waals surface area contributed by atoms with E-state index in [4.69, 9.17) is 16.3 Å². The lowest BCUT2D eigenvalue weighted by Crippen LogP contribution is -2.50. The van der Waals surface area contributed by atoms with E-state index in [0.29, 0.717) is 29.4 Å². The molecule has 2 aliphatic heterocycles. The Bertz CT molecular complexity index is 1290. The van der Waals surface area contributed by atoms with E-state index in [1.54, 1.807) is 41.2 Å². The van der Waals surface area contributed by atoms with Crippen LogP contribution >= 0.6 is 23.4 Å². The van der Waals surface area contributed by atoms with Gasteiger partial charge in [-0.05, 0) is 49.7 Å². The van der Waals surface area contributed by atoms with Crippen molar-refractivity contribution in [2.24, 2.45) is 0 Å². The molecule has 7 heteroatoms. The van der Waals surface area contributed by atoms with Crippen LogP contribution in [0.4, 0.5) is 5.69 Å². The summed E-state index contributed by atoms with van der Waals surface area (Å²) in [6.45, 7) is 4.92. The number of carbonyl (C=O) groups excluding carboxylic acids is 2. The molecule has 0 saturated carbocycles. The third-order valence-corrected chi connectivity index (χ3v) is 8.25. The van der Waals surface area contributed by atoms with Crippen LogP contribution in [0.3, 0.4) is 0 Å². The van der Waals surface area contributed by atoms with Crippen LogP contribution < -0.4 is 9.64 Å². The standard InChI is InChI=1S/C27H25ClN2O3S/c1-26(2)17-30(24(31)18-10-8-11-20(15-18)33-3)27(34-26)21-12-5-7-14-23(21)29(25(27)32)16-19-9-4-6-13-22(19)28/h4-15H,16-17H2,1-3H3/t27-/m0/s1. The Morgan fingerprint density at radius 1 is 1.06 bits per heavy atom. The normalized spacial score (nSPS) is 20.6. The van der Waals surface area contributed by atoms with Crippen molar-refractivity contribution in [2.45, 2.75) is 30.0 Å². The highest BCUT2D eigenvalue weighted by Gasteiger charge is 2.63. The molecule has 0 aromatic heterocycles. The molecule has 2 amide bonds. The van der Waals surface area contributed by atoms with Crippen LogP contribution in [0.5, 0.6) is 5.75 Å². The lowest BCUT2D eigenvalue weighted by molar-refractivity contribution is -0.123. The Morgan fingerprint density at radius 2 is 1.79 bits per heavy atom. The first kappa shape index (κ1) is 22.8. The summed E-state index contributed by atoms with van der Waals surface area (Å²) in [6.07, 6.45) is 0. The predicted molar refractivity (Wildman–Crippen MR) is 136 cm³/mol. The number of para-hydroxylation sites is 1. The molecule has 3 aromatic rings. The van der Waals surface area contributed by atoms with E-state index in [9.17, 15) is 9.59 Å². The smallest absolute Gasteiger partial charge is 0.268 e. The third kappa shape index (κ3) is 3.56. The second-order valence-electron chi connectivity index (χ2n) is 9.13. The monoisotopic (exact) mass is 492 g/mol. The molecule has 1 saturated heterocycles. The number of amides is 2. The molecule has 0 bridgehead atoms. The van der Waals surface area contributed by atoms with E-state index in [2.05, 4.69) is 13.8 Å². The maximum atomic E-state index is 14.3. The SMILES string of the molecule is COc1cccc(C(=O)N2CC(C)(C)S[C@@]23C(=O)N(Cc2ccccc2Cl)c2ccccc23)c1. The van der Waals surface area contributed by atoms with Crippen LogP contribution in [0.15, 0.2) is 72.8 Å². The van der Waals surface area contributed by atoms with E-state index in [1.165, 1.54) is 11.8 Å². The van der Waals surface area contributed by atoms with E-state index < -0.39 is 4.87 Å². The highest BCUT2D eigenvalue weighted by atomic mass is 35.5. The van der Waals surface area contributed by atoms with Gasteiger partial charge in [-0.25, -0.2) is 0 Å². The first-order chi connectivity index (χ1) is 16.3. The lowest BCUT2D eigenvalue weighted by atomic mass is 10.0. The van der Waals surface area contributed by atoms with Crippen molar-refractivity contribution in [1.29, 1.82) is 0 Å². The highest BCUT2D eigenvalue weighted by molar-refractivity contribution is 8.02. The number of nitrogens with zero attached hydrogens (tertiary/aromatic N) is 2. The molecule has 0 N–H and O–H groups in total. The molecule has 1 fully saturated rings. The summed E-state index contributed by atoms with van der Waals surface area (Å²) in [4.78, 5) is 30.6. The summed E-state index contributed by atoms with van der Waals surface area (Å²) in [5.41, 5.74) is 2.99. The van der Waals surface area contributed by atoms with Crippen molar-refractivity contribution >= 4 is 40.9 Å². The third-order valence-electron chi connectivity index (χ3n) is 6.29. The Labute approximate surface area is 208 Å². The zero-order valence-electron chi connectivity index (χ0n) is 19.2. The molecule has 174 valence electrons. The Morgan fingerprint density at radius 3 is 2.56 bits per heavy atom. The molecule has 2 heterocycles. The molecule has 0 radical (unpaired) electrons. The van der Waals surface area contributed by atoms with Gasteiger partial charge in [-0.3, -0.25) is 9.59 Å². The molecule has 0 aliphatic carbocycles. The number of halogens is 1. The van der Waals surface area contributed by atoms with E-state index in [1.807, 2.05) is 48.5 Å². The van der Waals surface area contributed by atoms with Gasteiger partial charge in [0.2, 0.25) is 0 Å². The average molecular weight is 493 g/mol. The molecular weight excluding hydrogens is 468 g/mol. The zero-order chi connectivity index (χ0) is 24.1. The van der Waals surface area contributed by atoms with Gasteiger partial charge in [0.25, 0.3) is 11.8 Å². The van der Waals surface area contributed by atoms with Crippen molar-refractivity contribution in [3.8, 4) is 5.75 Å². The van der Waals surface area contributed by atoms with E-state index in [-0.39, 0.29) is 16.6 Å². The molecule has 2 aliphatic rings. The number of benzene rings is 3. The van der Waals surface area contributed by atoms with Crippen LogP contribution in [0.2, 0.25) is 5.02 Å². The number of hydrogen-bond donors (Lipinski definition) is 0. The van der Waals surface area contributed by atoms with E-state index in [0.717, 1.165) is 16.8 Å². The van der Waals surface area contributed by atoms with Crippen LogP contribution in [-0.2, 0) is 16.2 Å². The van der Waals surface area contributed by atoms with Gasteiger partial charge in [-0.1, -0.05) is 54.1 Å². The summed E-state index contributed by atoms with van der Waals surface area (Å²) in [5.74, 6) is 0.282. The summed E-state index contributed by atoms with van der Waals surface area (Å²) in [6, 6.07) is 22.4. The molecular formula is C27H25ClN2O3S. The van der Waals surface area contributed by atoms with Crippen molar-refractivity contribution in [2.75, 3.05) is 18.6 Å². The van der Waals surface area contributed by atoms with Crippen molar-refractivity contribution < 1.29 is 14.3 Å². The molecule has 1 atom stereocenters. The van der Waals surface area contributed by atoms with Crippen LogP contribution in [0, 0.1) is 0 Å².